The molecule has 0 spiro atoms. The summed E-state index contributed by atoms with van der Waals surface area (Å²) >= 11 is 0. The van der Waals surface area contributed by atoms with Gasteiger partial charge < -0.3 is 14.9 Å². The number of allylic oxidation sites excluding steroid dienone is 1. The van der Waals surface area contributed by atoms with Crippen LogP contribution >= 0.6 is 0 Å². The van der Waals surface area contributed by atoms with E-state index in [2.05, 4.69) is 20.4 Å². The maximum Gasteiger partial charge on any atom is 0.279 e. The minimum Gasteiger partial charge on any atom is -0.389 e. The van der Waals surface area contributed by atoms with Crippen LogP contribution in [0.1, 0.15) is 44.4 Å². The average molecular weight is 471 g/mol. The molecule has 1 N–H and O–H groups in total. The number of sulfone groups is 1. The Bertz CT molecular complexity index is 1160. The zero-order chi connectivity index (χ0) is 23.4. The van der Waals surface area contributed by atoms with Gasteiger partial charge in [0.1, 0.15) is 0 Å². The first-order valence-corrected chi connectivity index (χ1v) is 12.3. The van der Waals surface area contributed by atoms with Crippen molar-refractivity contribution in [3.63, 3.8) is 0 Å². The molecule has 4 rings (SSSR count). The molecule has 2 aliphatic rings. The van der Waals surface area contributed by atoms with Crippen LogP contribution in [-0.2, 0) is 24.2 Å². The van der Waals surface area contributed by atoms with Crippen molar-refractivity contribution in [1.29, 1.82) is 0 Å². The van der Waals surface area contributed by atoms with E-state index in [1.807, 2.05) is 19.9 Å². The Morgan fingerprint density at radius 3 is 2.48 bits per heavy atom. The van der Waals surface area contributed by atoms with Gasteiger partial charge in [0.15, 0.2) is 27.5 Å². The van der Waals surface area contributed by atoms with Crippen LogP contribution in [0, 0.1) is 0 Å². The number of oxime groups is 1. The number of nitrogens with one attached hydrogen (secondary N) is 1. The molecule has 1 aliphatic carbocycles. The smallest absolute Gasteiger partial charge is 0.279 e. The molecule has 1 atom stereocenters. The number of carbonyl (C=O) groups excluding carboxylic acids is 1. The van der Waals surface area contributed by atoms with Crippen LogP contribution < -0.4 is 5.32 Å². The molecule has 174 valence electrons. The van der Waals surface area contributed by atoms with E-state index in [0.717, 1.165) is 5.57 Å². The topological polar surface area (TPSA) is 120 Å². The van der Waals surface area contributed by atoms with E-state index < -0.39 is 15.7 Å². The van der Waals surface area contributed by atoms with Gasteiger partial charge in [-0.3, -0.25) is 9.78 Å². The molecule has 1 amide bonds. The largest absolute Gasteiger partial charge is 0.389 e. The van der Waals surface area contributed by atoms with E-state index in [0.29, 0.717) is 43.7 Å². The summed E-state index contributed by atoms with van der Waals surface area (Å²) in [5.74, 6) is -0.285. The quantitative estimate of drug-likeness (QED) is 0.465. The van der Waals surface area contributed by atoms with Crippen LogP contribution in [0.3, 0.4) is 0 Å². The molecule has 0 unspecified atom stereocenters. The lowest BCUT2D eigenvalue weighted by Gasteiger charge is -2.11. The van der Waals surface area contributed by atoms with Gasteiger partial charge in [0.2, 0.25) is 0 Å². The van der Waals surface area contributed by atoms with Gasteiger partial charge in [0.05, 0.1) is 41.4 Å². The summed E-state index contributed by atoms with van der Waals surface area (Å²) in [6.45, 7) is 4.88. The number of hydrogen-bond acceptors (Lipinski definition) is 8. The van der Waals surface area contributed by atoms with Gasteiger partial charge >= 0.3 is 0 Å². The monoisotopic (exact) mass is 470 g/mol. The fourth-order valence-corrected chi connectivity index (χ4v) is 4.93. The Balaban J connectivity index is 1.55. The van der Waals surface area contributed by atoms with E-state index in [-0.39, 0.29) is 27.8 Å². The first kappa shape index (κ1) is 23.1. The molecule has 0 bridgehead atoms. The Morgan fingerprint density at radius 1 is 1.15 bits per heavy atom. The van der Waals surface area contributed by atoms with Crippen LogP contribution in [0.2, 0.25) is 0 Å². The van der Waals surface area contributed by atoms with Gasteiger partial charge in [-0.05, 0) is 44.9 Å². The highest BCUT2D eigenvalue weighted by atomic mass is 32.2. The standard InChI is InChI=1S/C23H26N4O5S/c1-15(2)11-17-12-25-21(13-24-17)26-23(28)22(27-32-18-9-10-31-14-18)16-3-5-19(6-4-16)33(29,30)20-7-8-20/h3-6,11-13,18,20H,7-10,14H2,1-2H3,(H,25,26,28)/b27-22+/t18-/m1/s1. The first-order chi connectivity index (χ1) is 15.8. The SMILES string of the molecule is CC(C)=Cc1cnc(NC(=O)/C(=N/O[C@@H]2CCOC2)c2ccc(S(=O)(=O)C3CC3)cc2)cn1. The van der Waals surface area contributed by atoms with E-state index in [4.69, 9.17) is 9.57 Å². The number of amides is 1. The number of ether oxygens (including phenoxy) is 1. The second-order valence-corrected chi connectivity index (χ2v) is 10.5. The number of anilines is 1. The lowest BCUT2D eigenvalue weighted by Crippen LogP contribution is -2.26. The van der Waals surface area contributed by atoms with Crippen molar-refractivity contribution in [2.24, 2.45) is 5.16 Å². The van der Waals surface area contributed by atoms with E-state index >= 15 is 0 Å². The normalized spacial score (nSPS) is 18.6. The molecule has 1 aromatic heterocycles. The summed E-state index contributed by atoms with van der Waals surface area (Å²) in [5.41, 5.74) is 2.19. The second-order valence-electron chi connectivity index (χ2n) is 8.30. The van der Waals surface area contributed by atoms with Crippen molar-refractivity contribution in [3.05, 3.63) is 53.5 Å². The van der Waals surface area contributed by atoms with Crippen LogP contribution in [0.25, 0.3) is 6.08 Å². The van der Waals surface area contributed by atoms with E-state index in [9.17, 15) is 13.2 Å². The van der Waals surface area contributed by atoms with Crippen molar-refractivity contribution in [3.8, 4) is 0 Å². The lowest BCUT2D eigenvalue weighted by molar-refractivity contribution is -0.110. The highest BCUT2D eigenvalue weighted by Gasteiger charge is 2.36. The Kier molecular flexibility index (Phi) is 6.85. The summed E-state index contributed by atoms with van der Waals surface area (Å²) in [5, 5.41) is 6.45. The van der Waals surface area contributed by atoms with Crippen molar-refractivity contribution < 1.29 is 22.8 Å². The maximum atomic E-state index is 13.0. The summed E-state index contributed by atoms with van der Waals surface area (Å²) in [6.07, 6.45) is 6.69. The molecule has 0 radical (unpaired) electrons. The second kappa shape index (κ2) is 9.80. The summed E-state index contributed by atoms with van der Waals surface area (Å²) in [4.78, 5) is 27.3. The van der Waals surface area contributed by atoms with Gasteiger partial charge in [-0.15, -0.1) is 0 Å². The zero-order valence-corrected chi connectivity index (χ0v) is 19.3. The predicted molar refractivity (Wildman–Crippen MR) is 123 cm³/mol. The fraction of sp³-hybridized carbons (Fsp3) is 0.391. The highest BCUT2D eigenvalue weighted by molar-refractivity contribution is 7.92. The van der Waals surface area contributed by atoms with Gasteiger partial charge in [0.25, 0.3) is 5.91 Å². The molecule has 2 heterocycles. The third-order valence-electron chi connectivity index (χ3n) is 5.17. The van der Waals surface area contributed by atoms with Gasteiger partial charge in [-0.25, -0.2) is 13.4 Å². The number of carbonyl (C=O) groups is 1. The predicted octanol–water partition coefficient (Wildman–Crippen LogP) is 2.98. The number of aromatic nitrogens is 2. The highest BCUT2D eigenvalue weighted by Crippen LogP contribution is 2.33. The van der Waals surface area contributed by atoms with Crippen LogP contribution in [0.5, 0.6) is 0 Å². The third-order valence-corrected chi connectivity index (χ3v) is 7.44. The van der Waals surface area contributed by atoms with Gasteiger partial charge in [-0.1, -0.05) is 22.9 Å². The van der Waals surface area contributed by atoms with Crippen LogP contribution in [-0.4, -0.2) is 54.6 Å². The first-order valence-electron chi connectivity index (χ1n) is 10.8. The third kappa shape index (κ3) is 5.82. The summed E-state index contributed by atoms with van der Waals surface area (Å²) in [7, 11) is -3.33. The number of benzene rings is 1. The minimum absolute atomic E-state index is 0.00689. The summed E-state index contributed by atoms with van der Waals surface area (Å²) < 4.78 is 30.2. The zero-order valence-electron chi connectivity index (χ0n) is 18.5. The lowest BCUT2D eigenvalue weighted by atomic mass is 10.1. The van der Waals surface area contributed by atoms with E-state index in [1.165, 1.54) is 18.3 Å². The van der Waals surface area contributed by atoms with Crippen molar-refractivity contribution in [2.45, 2.75) is 49.4 Å². The number of hydrogen-bond donors (Lipinski definition) is 1. The average Bonchev–Trinajstić information content (AvgIpc) is 3.53. The number of nitrogens with zero attached hydrogens (tertiary/aromatic N) is 3. The molecule has 2 fully saturated rings. The Hall–Kier alpha value is -3.11. The van der Waals surface area contributed by atoms with Crippen LogP contribution in [0.15, 0.2) is 52.3 Å². The van der Waals surface area contributed by atoms with Crippen molar-refractivity contribution in [2.75, 3.05) is 18.5 Å². The maximum absolute atomic E-state index is 13.0. The molecule has 1 saturated heterocycles. The van der Waals surface area contributed by atoms with Gasteiger partial charge in [0, 0.05) is 12.0 Å². The molecule has 1 aliphatic heterocycles. The molecular weight excluding hydrogens is 444 g/mol. The Morgan fingerprint density at radius 2 is 1.91 bits per heavy atom. The fourth-order valence-electron chi connectivity index (χ4n) is 3.27. The molecule has 9 nitrogen and oxygen atoms in total. The molecule has 1 saturated carbocycles. The van der Waals surface area contributed by atoms with Gasteiger partial charge in [-0.2, -0.15) is 0 Å². The molecule has 2 aromatic rings. The Labute approximate surface area is 192 Å². The molecule has 33 heavy (non-hydrogen) atoms. The molecule has 10 heteroatoms. The number of rotatable bonds is 8. The van der Waals surface area contributed by atoms with E-state index in [1.54, 1.807) is 18.3 Å². The van der Waals surface area contributed by atoms with Crippen molar-refractivity contribution in [1.82, 2.24) is 9.97 Å². The summed E-state index contributed by atoms with van der Waals surface area (Å²) in [6, 6.07) is 6.12. The van der Waals surface area contributed by atoms with Crippen molar-refractivity contribution >= 4 is 33.4 Å². The minimum atomic E-state index is -3.33. The van der Waals surface area contributed by atoms with Crippen LogP contribution in [0.4, 0.5) is 5.82 Å². The molecule has 1 aromatic carbocycles. The molecular formula is C23H26N4O5S.